The van der Waals surface area contributed by atoms with Gasteiger partial charge in [0.15, 0.2) is 29.8 Å². The highest BCUT2D eigenvalue weighted by Crippen LogP contribution is 2.31. The predicted octanol–water partition coefficient (Wildman–Crippen LogP) is 0.264. The molecule has 24 heteroatoms. The summed E-state index contributed by atoms with van der Waals surface area (Å²) in [6.45, 7) is 3.31. The molecular weight excluding hydrogens is 703 g/mol. The van der Waals surface area contributed by atoms with Gasteiger partial charge >= 0.3 is 61.4 Å². The quantitative estimate of drug-likeness (QED) is 0.110. The lowest BCUT2D eigenvalue weighted by molar-refractivity contribution is -0.188. The molecule has 0 aromatic rings. The SMILES string of the molecule is C=CC(=O)OCC(F)(F)F.CO[Si]1(C)C[SiH](O)O[SiH](O)C1.CO[Si]1(CCC(C)C(=O)OCC(F)(F)F)C[SiH](O)O[SiH](O)C1. The first kappa shape index (κ1) is 42.2. The van der Waals surface area contributed by atoms with Crippen LogP contribution >= 0.6 is 0 Å². The van der Waals surface area contributed by atoms with E-state index in [0.29, 0.717) is 41.2 Å². The van der Waals surface area contributed by atoms with Crippen LogP contribution in [0.15, 0.2) is 12.7 Å². The Hall–Kier alpha value is -0.759. The van der Waals surface area contributed by atoms with Gasteiger partial charge in [0.25, 0.3) is 0 Å². The van der Waals surface area contributed by atoms with E-state index in [9.17, 15) is 55.1 Å². The van der Waals surface area contributed by atoms with Gasteiger partial charge in [0, 0.05) is 43.0 Å². The molecule has 2 heterocycles. The second kappa shape index (κ2) is 19.0. The van der Waals surface area contributed by atoms with Crippen LogP contribution in [0.3, 0.4) is 0 Å². The van der Waals surface area contributed by atoms with E-state index in [0.717, 1.165) is 0 Å². The third-order valence-corrected chi connectivity index (χ3v) is 32.7. The number of carbonyl (C=O) groups is 2. The summed E-state index contributed by atoms with van der Waals surface area (Å²) in [5.41, 5.74) is 2.26. The van der Waals surface area contributed by atoms with E-state index in [-0.39, 0.29) is 0 Å². The van der Waals surface area contributed by atoms with Crippen molar-refractivity contribution in [3.8, 4) is 0 Å². The van der Waals surface area contributed by atoms with E-state index < -0.39 is 97.2 Å². The molecule has 0 aromatic heterocycles. The van der Waals surface area contributed by atoms with E-state index in [4.69, 9.17) is 17.1 Å². The lowest BCUT2D eigenvalue weighted by Gasteiger charge is -2.37. The first-order valence-electron chi connectivity index (χ1n) is 12.8. The van der Waals surface area contributed by atoms with Crippen molar-refractivity contribution < 1.29 is 81.7 Å². The Kier molecular flexibility index (Phi) is 18.7. The van der Waals surface area contributed by atoms with E-state index in [1.807, 2.05) is 6.55 Å². The van der Waals surface area contributed by atoms with Crippen molar-refractivity contribution >= 4 is 65.7 Å². The summed E-state index contributed by atoms with van der Waals surface area (Å²) in [4.78, 5) is 59.6. The molecule has 2 aliphatic heterocycles. The van der Waals surface area contributed by atoms with Gasteiger partial charge in [-0.15, -0.1) is 0 Å². The Morgan fingerprint density at radius 3 is 1.65 bits per heavy atom. The van der Waals surface area contributed by atoms with Gasteiger partial charge in [-0.3, -0.25) is 4.79 Å². The standard InChI is InChI=1S/C10H21F3O6Si3.C5H5F3O2.C4H14O4Si3/c1-8(9(14)18-5-10(11,12)13)3-4-22(17-2)6-20(15)19-21(16)7-22;1-2-4(9)10-3-5(6,7)8;1-7-11(2)3-9(5)8-10(6)4-11/h8,15-16,20-21H,3-7H2,1-2H3;2H,1,3H2;5-6,9-10H,3-4H2,1-2H3. The van der Waals surface area contributed by atoms with Gasteiger partial charge in [-0.1, -0.05) is 13.5 Å². The second-order valence-corrected chi connectivity index (χ2v) is 29.0. The molecule has 0 aliphatic carbocycles. The van der Waals surface area contributed by atoms with Gasteiger partial charge in [0.05, 0.1) is 5.92 Å². The van der Waals surface area contributed by atoms with Crippen LogP contribution in [0.25, 0.3) is 0 Å². The van der Waals surface area contributed by atoms with Gasteiger partial charge in [0.2, 0.25) is 0 Å². The minimum Gasteiger partial charge on any atom is -0.456 e. The first-order chi connectivity index (χ1) is 19.6. The number of hydrogen-bond acceptors (Lipinski definition) is 12. The van der Waals surface area contributed by atoms with Crippen LogP contribution in [-0.2, 0) is 36.1 Å². The molecule has 4 N–H and O–H groups in total. The molecule has 5 atom stereocenters. The fraction of sp³-hybridized carbons (Fsp3) is 0.789. The maximum atomic E-state index is 12.0. The molecule has 12 nitrogen and oxygen atoms in total. The highest BCUT2D eigenvalue weighted by Gasteiger charge is 2.46. The molecule has 0 bridgehead atoms. The molecule has 2 rings (SSSR count). The van der Waals surface area contributed by atoms with Crippen molar-refractivity contribution in [2.24, 2.45) is 5.92 Å². The maximum absolute atomic E-state index is 12.0. The summed E-state index contributed by atoms with van der Waals surface area (Å²) in [6, 6.07) is 0.475. The molecule has 254 valence electrons. The smallest absolute Gasteiger partial charge is 0.422 e. The van der Waals surface area contributed by atoms with Crippen LogP contribution in [-0.4, -0.2) is 125 Å². The second-order valence-electron chi connectivity index (χ2n) is 10.0. The highest BCUT2D eigenvalue weighted by atomic mass is 28.5. The van der Waals surface area contributed by atoms with Crippen LogP contribution in [0.5, 0.6) is 0 Å². The number of rotatable bonds is 9. The van der Waals surface area contributed by atoms with Crippen molar-refractivity contribution in [2.75, 3.05) is 27.4 Å². The topological polar surface area (TPSA) is 170 Å². The number of alkyl halides is 6. The molecule has 5 unspecified atom stereocenters. The number of carbonyl (C=O) groups excluding carboxylic acids is 2. The zero-order chi connectivity index (χ0) is 33.6. The fourth-order valence-electron chi connectivity index (χ4n) is 3.84. The molecule has 43 heavy (non-hydrogen) atoms. The molecule has 0 spiro atoms. The average Bonchev–Trinajstić information content (AvgIpc) is 2.87. The Bertz CT molecular complexity index is 853. The summed E-state index contributed by atoms with van der Waals surface area (Å²) >= 11 is 0. The van der Waals surface area contributed by atoms with E-state index in [1.54, 1.807) is 7.11 Å². The van der Waals surface area contributed by atoms with Gasteiger partial charge in [-0.05, 0) is 19.0 Å². The fourth-order valence-corrected chi connectivity index (χ4v) is 32.5. The Morgan fingerprint density at radius 1 is 0.860 bits per heavy atom. The Labute approximate surface area is 254 Å². The molecule has 2 aliphatic rings. The Balaban J connectivity index is 0.000000699. The maximum Gasteiger partial charge on any atom is 0.422 e. The van der Waals surface area contributed by atoms with Crippen LogP contribution in [0, 0.1) is 5.92 Å². The summed E-state index contributed by atoms with van der Waals surface area (Å²) in [7, 11) is -9.91. The monoisotopic (exact) mass is 742 g/mol. The summed E-state index contributed by atoms with van der Waals surface area (Å²) < 4.78 is 98.6. The van der Waals surface area contributed by atoms with E-state index in [1.165, 1.54) is 14.0 Å². The summed E-state index contributed by atoms with van der Waals surface area (Å²) in [5.74, 6) is -2.67. The highest BCUT2D eigenvalue weighted by molar-refractivity contribution is 6.93. The predicted molar refractivity (Wildman–Crippen MR) is 153 cm³/mol. The molecule has 0 amide bonds. The van der Waals surface area contributed by atoms with Crippen LogP contribution in [0.4, 0.5) is 26.3 Å². The normalized spacial score (nSPS) is 30.0. The number of esters is 2. The molecule has 2 saturated heterocycles. The molecule has 2 fully saturated rings. The Morgan fingerprint density at radius 2 is 1.28 bits per heavy atom. The van der Waals surface area contributed by atoms with Gasteiger partial charge in [-0.2, -0.15) is 26.3 Å². The van der Waals surface area contributed by atoms with Crippen molar-refractivity contribution in [1.82, 2.24) is 0 Å². The zero-order valence-electron chi connectivity index (χ0n) is 24.2. The molecular formula is C19H40F6O12Si6. The van der Waals surface area contributed by atoms with Gasteiger partial charge in [-0.25, -0.2) is 4.79 Å². The van der Waals surface area contributed by atoms with Crippen LogP contribution in [0.2, 0.25) is 35.3 Å². The lowest BCUT2D eigenvalue weighted by Crippen LogP contribution is -2.53. The largest absolute Gasteiger partial charge is 0.456 e. The molecule has 0 saturated carbocycles. The lowest BCUT2D eigenvalue weighted by atomic mass is 10.1. The number of hydrogen-bond donors (Lipinski definition) is 4. The summed E-state index contributed by atoms with van der Waals surface area (Å²) in [6.07, 6.45) is -8.02. The van der Waals surface area contributed by atoms with Crippen molar-refractivity contribution in [2.45, 2.75) is 61.0 Å². The van der Waals surface area contributed by atoms with Gasteiger partial charge in [0.1, 0.15) is 0 Å². The van der Waals surface area contributed by atoms with Gasteiger partial charge < -0.3 is 45.7 Å². The van der Waals surface area contributed by atoms with E-state index >= 15 is 0 Å². The molecule has 0 aromatic carbocycles. The third kappa shape index (κ3) is 19.4. The van der Waals surface area contributed by atoms with Crippen molar-refractivity contribution in [3.05, 3.63) is 12.7 Å². The first-order valence-corrected chi connectivity index (χ1v) is 25.4. The zero-order valence-corrected chi connectivity index (χ0v) is 30.8. The van der Waals surface area contributed by atoms with Crippen molar-refractivity contribution in [1.29, 1.82) is 0 Å². The number of ether oxygens (including phenoxy) is 2. The minimum absolute atomic E-state index is 0.305. The minimum atomic E-state index is -4.54. The van der Waals surface area contributed by atoms with Crippen LogP contribution in [0.1, 0.15) is 13.3 Å². The third-order valence-electron chi connectivity index (χ3n) is 6.22. The van der Waals surface area contributed by atoms with Crippen LogP contribution < -0.4 is 0 Å². The summed E-state index contributed by atoms with van der Waals surface area (Å²) in [5, 5.41) is 0. The van der Waals surface area contributed by atoms with E-state index in [2.05, 4.69) is 16.1 Å². The number of halogens is 6. The van der Waals surface area contributed by atoms with Crippen molar-refractivity contribution in [3.63, 3.8) is 0 Å². The molecule has 0 radical (unpaired) electrons. The average molecular weight is 743 g/mol.